The maximum Gasteiger partial charge on any atom is 0.206 e. The van der Waals surface area contributed by atoms with E-state index in [9.17, 15) is 0 Å². The summed E-state index contributed by atoms with van der Waals surface area (Å²) in [4.78, 5) is 4.29. The molecule has 4 heterocycles. The first-order valence-corrected chi connectivity index (χ1v) is 7.94. The smallest absolute Gasteiger partial charge is 0.206 e. The molecular formula is C15H13N7S. The van der Waals surface area contributed by atoms with Crippen LogP contribution in [0.2, 0.25) is 0 Å². The molecule has 0 radical (unpaired) electrons. The number of pyridine rings is 2. The van der Waals surface area contributed by atoms with Gasteiger partial charge < -0.3 is 5.32 Å². The summed E-state index contributed by atoms with van der Waals surface area (Å²) < 4.78 is 1.96. The van der Waals surface area contributed by atoms with Crippen LogP contribution >= 0.6 is 11.3 Å². The van der Waals surface area contributed by atoms with Gasteiger partial charge in [0.1, 0.15) is 5.69 Å². The van der Waals surface area contributed by atoms with Crippen molar-refractivity contribution in [2.24, 2.45) is 0 Å². The lowest BCUT2D eigenvalue weighted by Crippen LogP contribution is -2.10. The minimum absolute atomic E-state index is 0.0445. The molecule has 0 saturated heterocycles. The summed E-state index contributed by atoms with van der Waals surface area (Å²) in [6, 6.07) is 11.5. The third-order valence-electron chi connectivity index (χ3n) is 3.38. The Morgan fingerprint density at radius 3 is 2.83 bits per heavy atom. The molecule has 4 rings (SSSR count). The summed E-state index contributed by atoms with van der Waals surface area (Å²) in [6.07, 6.45) is 3.69. The topological polar surface area (TPSA) is 80.9 Å². The van der Waals surface area contributed by atoms with E-state index in [-0.39, 0.29) is 6.04 Å². The number of hydrogen-bond donors (Lipinski definition) is 1. The summed E-state index contributed by atoms with van der Waals surface area (Å²) in [6.45, 7) is 2.02. The average molecular weight is 323 g/mol. The lowest BCUT2D eigenvalue weighted by molar-refractivity contribution is 0.769. The molecule has 0 aliphatic rings. The van der Waals surface area contributed by atoms with Crippen LogP contribution in [-0.4, -0.2) is 29.8 Å². The van der Waals surface area contributed by atoms with Crippen LogP contribution in [0.15, 0.2) is 48.8 Å². The summed E-state index contributed by atoms with van der Waals surface area (Å²) in [5.74, 6) is 0.829. The van der Waals surface area contributed by atoms with E-state index < -0.39 is 0 Å². The molecule has 7 nitrogen and oxygen atoms in total. The fraction of sp³-hybridized carbons (Fsp3) is 0.133. The average Bonchev–Trinajstić information content (AvgIpc) is 3.22. The number of nitrogens with one attached hydrogen (secondary N) is 1. The minimum atomic E-state index is -0.0445. The van der Waals surface area contributed by atoms with Crippen LogP contribution in [0.5, 0.6) is 0 Å². The predicted octanol–water partition coefficient (Wildman–Crippen LogP) is 2.82. The van der Waals surface area contributed by atoms with Gasteiger partial charge in [0.15, 0.2) is 16.5 Å². The molecule has 0 aliphatic heterocycles. The lowest BCUT2D eigenvalue weighted by atomic mass is 10.3. The first kappa shape index (κ1) is 13.8. The Morgan fingerprint density at radius 1 is 1.04 bits per heavy atom. The zero-order valence-corrected chi connectivity index (χ0v) is 13.1. The van der Waals surface area contributed by atoms with Gasteiger partial charge in [0.05, 0.1) is 6.04 Å². The minimum Gasteiger partial charge on any atom is -0.350 e. The SMILES string of the molecule is CC(Nc1nnc(-c2ccccn2)s1)c1nnc2ccccn12. The van der Waals surface area contributed by atoms with E-state index in [0.717, 1.165) is 27.3 Å². The Bertz CT molecular complexity index is 931. The van der Waals surface area contributed by atoms with Gasteiger partial charge in [0, 0.05) is 12.4 Å². The first-order chi connectivity index (χ1) is 11.3. The standard InChI is InChI=1S/C15H13N7S/c1-10(13-19-18-12-7-3-5-9-22(12)13)17-15-21-20-14(23-15)11-6-2-4-8-16-11/h2-10H,1H3,(H,17,21). The van der Waals surface area contributed by atoms with Crippen LogP contribution in [0.1, 0.15) is 18.8 Å². The molecule has 114 valence electrons. The molecule has 1 N–H and O–H groups in total. The summed E-state index contributed by atoms with van der Waals surface area (Å²) in [7, 11) is 0. The first-order valence-electron chi connectivity index (χ1n) is 7.12. The summed E-state index contributed by atoms with van der Waals surface area (Å²) in [5.41, 5.74) is 1.64. The number of hydrogen-bond acceptors (Lipinski definition) is 7. The number of rotatable bonds is 4. The maximum absolute atomic E-state index is 4.29. The van der Waals surface area contributed by atoms with Crippen LogP contribution in [0.4, 0.5) is 5.13 Å². The van der Waals surface area contributed by atoms with Crippen molar-refractivity contribution in [1.82, 2.24) is 29.8 Å². The van der Waals surface area contributed by atoms with E-state index in [1.165, 1.54) is 11.3 Å². The molecule has 0 bridgehead atoms. The molecule has 0 aromatic carbocycles. The Labute approximate surface area is 136 Å². The molecule has 1 atom stereocenters. The van der Waals surface area contributed by atoms with E-state index in [4.69, 9.17) is 0 Å². The highest BCUT2D eigenvalue weighted by Crippen LogP contribution is 2.27. The van der Waals surface area contributed by atoms with E-state index >= 15 is 0 Å². The van der Waals surface area contributed by atoms with Gasteiger partial charge in [-0.3, -0.25) is 9.38 Å². The Morgan fingerprint density at radius 2 is 1.96 bits per heavy atom. The number of anilines is 1. The zero-order chi connectivity index (χ0) is 15.6. The molecule has 0 spiro atoms. The van der Waals surface area contributed by atoms with Gasteiger partial charge in [0.2, 0.25) is 5.13 Å². The highest BCUT2D eigenvalue weighted by atomic mass is 32.1. The fourth-order valence-corrected chi connectivity index (χ4v) is 3.09. The normalized spacial score (nSPS) is 12.4. The molecular weight excluding hydrogens is 310 g/mol. The highest BCUT2D eigenvalue weighted by Gasteiger charge is 2.15. The van der Waals surface area contributed by atoms with Crippen molar-refractivity contribution in [3.63, 3.8) is 0 Å². The predicted molar refractivity (Wildman–Crippen MR) is 88.2 cm³/mol. The molecule has 4 aromatic heterocycles. The van der Waals surface area contributed by atoms with Gasteiger partial charge in [-0.05, 0) is 31.2 Å². The van der Waals surface area contributed by atoms with Crippen LogP contribution < -0.4 is 5.32 Å². The second-order valence-electron chi connectivity index (χ2n) is 4.98. The Hall–Kier alpha value is -2.87. The van der Waals surface area contributed by atoms with Crippen LogP contribution in [-0.2, 0) is 0 Å². The van der Waals surface area contributed by atoms with Crippen molar-refractivity contribution in [1.29, 1.82) is 0 Å². The number of nitrogens with zero attached hydrogens (tertiary/aromatic N) is 6. The quantitative estimate of drug-likeness (QED) is 0.622. The molecule has 8 heteroatoms. The summed E-state index contributed by atoms with van der Waals surface area (Å²) in [5, 5.41) is 21.6. The van der Waals surface area contributed by atoms with Gasteiger partial charge in [0.25, 0.3) is 0 Å². The third-order valence-corrected chi connectivity index (χ3v) is 4.25. The molecule has 0 aliphatic carbocycles. The molecule has 23 heavy (non-hydrogen) atoms. The fourth-order valence-electron chi connectivity index (χ4n) is 2.28. The monoisotopic (exact) mass is 323 g/mol. The molecule has 4 aromatic rings. The van der Waals surface area contributed by atoms with Gasteiger partial charge in [-0.15, -0.1) is 20.4 Å². The third kappa shape index (κ3) is 2.64. The highest BCUT2D eigenvalue weighted by molar-refractivity contribution is 7.18. The molecule has 0 fully saturated rings. The van der Waals surface area contributed by atoms with Crippen molar-refractivity contribution >= 4 is 22.1 Å². The van der Waals surface area contributed by atoms with Crippen LogP contribution in [0, 0.1) is 0 Å². The van der Waals surface area contributed by atoms with Crippen molar-refractivity contribution in [3.05, 3.63) is 54.6 Å². The van der Waals surface area contributed by atoms with Crippen molar-refractivity contribution in [3.8, 4) is 10.7 Å². The van der Waals surface area contributed by atoms with Gasteiger partial charge in [-0.2, -0.15) is 0 Å². The largest absolute Gasteiger partial charge is 0.350 e. The number of fused-ring (bicyclic) bond motifs is 1. The molecule has 0 saturated carbocycles. The van der Waals surface area contributed by atoms with Crippen LogP contribution in [0.3, 0.4) is 0 Å². The molecule has 1 unspecified atom stereocenters. The van der Waals surface area contributed by atoms with Gasteiger partial charge >= 0.3 is 0 Å². The van der Waals surface area contributed by atoms with Gasteiger partial charge in [-0.1, -0.05) is 23.5 Å². The second kappa shape index (κ2) is 5.73. The lowest BCUT2D eigenvalue weighted by Gasteiger charge is -2.10. The van der Waals surface area contributed by atoms with E-state index in [2.05, 4.69) is 30.7 Å². The van der Waals surface area contributed by atoms with E-state index in [1.807, 2.05) is 53.9 Å². The van der Waals surface area contributed by atoms with E-state index in [0.29, 0.717) is 0 Å². The molecule has 0 amide bonds. The van der Waals surface area contributed by atoms with Crippen LogP contribution in [0.25, 0.3) is 16.3 Å². The summed E-state index contributed by atoms with van der Waals surface area (Å²) >= 11 is 1.46. The van der Waals surface area contributed by atoms with Gasteiger partial charge in [-0.25, -0.2) is 0 Å². The van der Waals surface area contributed by atoms with E-state index in [1.54, 1.807) is 6.20 Å². The van der Waals surface area contributed by atoms with Crippen molar-refractivity contribution < 1.29 is 0 Å². The second-order valence-corrected chi connectivity index (χ2v) is 5.96. The Kier molecular flexibility index (Phi) is 3.43. The Balaban J connectivity index is 1.57. The van der Waals surface area contributed by atoms with Crippen molar-refractivity contribution in [2.45, 2.75) is 13.0 Å². The zero-order valence-electron chi connectivity index (χ0n) is 12.3. The van der Waals surface area contributed by atoms with Crippen molar-refractivity contribution in [2.75, 3.05) is 5.32 Å². The number of aromatic nitrogens is 6. The maximum atomic E-state index is 4.29.